The highest BCUT2D eigenvalue weighted by molar-refractivity contribution is 5.93. The van der Waals surface area contributed by atoms with E-state index in [1.165, 1.54) is 0 Å². The summed E-state index contributed by atoms with van der Waals surface area (Å²) in [5, 5.41) is 2.95. The number of piperidine rings is 1. The van der Waals surface area contributed by atoms with E-state index in [2.05, 4.69) is 5.32 Å². The summed E-state index contributed by atoms with van der Waals surface area (Å²) >= 11 is 0. The molecule has 2 aliphatic heterocycles. The second kappa shape index (κ2) is 9.08. The van der Waals surface area contributed by atoms with Crippen LogP contribution in [0, 0.1) is 11.8 Å². The maximum atomic E-state index is 12.6. The minimum absolute atomic E-state index is 0.0135. The van der Waals surface area contributed by atoms with E-state index >= 15 is 0 Å². The number of nitrogens with zero attached hydrogens (tertiary/aromatic N) is 1. The summed E-state index contributed by atoms with van der Waals surface area (Å²) in [4.78, 5) is 27.1. The molecule has 0 aliphatic carbocycles. The monoisotopic (exact) mass is 376 g/mol. The van der Waals surface area contributed by atoms with Crippen LogP contribution >= 0.6 is 0 Å². The Labute approximate surface area is 160 Å². The molecular weight excluding hydrogens is 348 g/mol. The van der Waals surface area contributed by atoms with Gasteiger partial charge >= 0.3 is 0 Å². The van der Waals surface area contributed by atoms with Gasteiger partial charge in [0.1, 0.15) is 0 Å². The maximum absolute atomic E-state index is 12.6. The van der Waals surface area contributed by atoms with Crippen LogP contribution in [-0.4, -0.2) is 57.2 Å². The average Bonchev–Trinajstić information content (AvgIpc) is 2.73. The van der Waals surface area contributed by atoms with Crippen LogP contribution in [0.2, 0.25) is 0 Å². The molecule has 0 bridgehead atoms. The molecule has 2 aliphatic rings. The number of methoxy groups -OCH3 is 2. The van der Waals surface area contributed by atoms with E-state index in [1.807, 2.05) is 4.90 Å². The molecular formula is C20H28N2O5. The molecule has 0 radical (unpaired) electrons. The van der Waals surface area contributed by atoms with Crippen molar-refractivity contribution in [1.29, 1.82) is 0 Å². The van der Waals surface area contributed by atoms with Gasteiger partial charge < -0.3 is 24.4 Å². The van der Waals surface area contributed by atoms with Crippen molar-refractivity contribution in [2.24, 2.45) is 11.8 Å². The summed E-state index contributed by atoms with van der Waals surface area (Å²) in [5.74, 6) is 1.40. The number of carbonyl (C=O) groups excluding carboxylic acids is 2. The molecule has 0 saturated carbocycles. The Balaban J connectivity index is 1.52. The summed E-state index contributed by atoms with van der Waals surface area (Å²) in [6.45, 7) is 2.61. The second-order valence-corrected chi connectivity index (χ2v) is 7.05. The Kier molecular flexibility index (Phi) is 6.55. The summed E-state index contributed by atoms with van der Waals surface area (Å²) < 4.78 is 15.8. The third-order valence-corrected chi connectivity index (χ3v) is 5.40. The first kappa shape index (κ1) is 19.5. The molecule has 7 nitrogen and oxygen atoms in total. The van der Waals surface area contributed by atoms with E-state index in [0.29, 0.717) is 56.3 Å². The summed E-state index contributed by atoms with van der Waals surface area (Å²) in [6.07, 6.45) is 2.99. The van der Waals surface area contributed by atoms with Crippen molar-refractivity contribution in [2.45, 2.75) is 25.7 Å². The average molecular weight is 376 g/mol. The van der Waals surface area contributed by atoms with Crippen LogP contribution in [0.3, 0.4) is 0 Å². The van der Waals surface area contributed by atoms with Crippen LogP contribution in [0.15, 0.2) is 18.2 Å². The van der Waals surface area contributed by atoms with Crippen molar-refractivity contribution in [3.63, 3.8) is 0 Å². The molecule has 0 spiro atoms. The van der Waals surface area contributed by atoms with Crippen LogP contribution in [0.25, 0.3) is 0 Å². The first-order valence-electron chi connectivity index (χ1n) is 9.51. The normalized spacial score (nSPS) is 18.8. The lowest BCUT2D eigenvalue weighted by atomic mass is 9.93. The third-order valence-electron chi connectivity index (χ3n) is 5.40. The van der Waals surface area contributed by atoms with Crippen LogP contribution in [0.1, 0.15) is 25.7 Å². The van der Waals surface area contributed by atoms with Crippen molar-refractivity contribution < 1.29 is 23.8 Å². The molecule has 7 heteroatoms. The maximum Gasteiger partial charge on any atom is 0.227 e. The molecule has 0 aromatic heterocycles. The van der Waals surface area contributed by atoms with Gasteiger partial charge in [-0.2, -0.15) is 0 Å². The fourth-order valence-corrected chi connectivity index (χ4v) is 3.72. The van der Waals surface area contributed by atoms with E-state index in [9.17, 15) is 9.59 Å². The molecule has 1 N–H and O–H groups in total. The van der Waals surface area contributed by atoms with Gasteiger partial charge in [-0.05, 0) is 37.8 Å². The van der Waals surface area contributed by atoms with Gasteiger partial charge in [0, 0.05) is 49.9 Å². The van der Waals surface area contributed by atoms with Crippen LogP contribution in [0.4, 0.5) is 5.69 Å². The zero-order valence-electron chi connectivity index (χ0n) is 16.0. The number of nitrogens with one attached hydrogen (secondary N) is 1. The summed E-state index contributed by atoms with van der Waals surface area (Å²) in [5.41, 5.74) is 0.679. The molecule has 148 valence electrons. The largest absolute Gasteiger partial charge is 0.493 e. The first-order chi connectivity index (χ1) is 13.1. The zero-order valence-corrected chi connectivity index (χ0v) is 16.0. The lowest BCUT2D eigenvalue weighted by Gasteiger charge is -2.34. The zero-order chi connectivity index (χ0) is 19.2. The fraction of sp³-hybridized carbons (Fsp3) is 0.600. The molecule has 1 aromatic rings. The lowest BCUT2D eigenvalue weighted by Crippen LogP contribution is -2.45. The van der Waals surface area contributed by atoms with Crippen molar-refractivity contribution in [2.75, 3.05) is 45.8 Å². The number of carbonyl (C=O) groups is 2. The lowest BCUT2D eigenvalue weighted by molar-refractivity contribution is -0.141. The van der Waals surface area contributed by atoms with Gasteiger partial charge in [0.25, 0.3) is 0 Å². The van der Waals surface area contributed by atoms with Crippen molar-refractivity contribution in [3.05, 3.63) is 18.2 Å². The van der Waals surface area contributed by atoms with Gasteiger partial charge in [-0.1, -0.05) is 0 Å². The number of benzene rings is 1. The highest BCUT2D eigenvalue weighted by atomic mass is 16.5. The molecule has 0 unspecified atom stereocenters. The highest BCUT2D eigenvalue weighted by Crippen LogP contribution is 2.30. The third kappa shape index (κ3) is 4.71. The predicted octanol–water partition coefficient (Wildman–Crippen LogP) is 2.31. The van der Waals surface area contributed by atoms with Crippen LogP contribution in [0.5, 0.6) is 11.5 Å². The van der Waals surface area contributed by atoms with Gasteiger partial charge in [0.2, 0.25) is 11.8 Å². The molecule has 27 heavy (non-hydrogen) atoms. The smallest absolute Gasteiger partial charge is 0.227 e. The van der Waals surface area contributed by atoms with E-state index < -0.39 is 0 Å². The molecule has 1 aromatic carbocycles. The van der Waals surface area contributed by atoms with Crippen molar-refractivity contribution in [1.82, 2.24) is 4.90 Å². The number of anilines is 1. The van der Waals surface area contributed by atoms with Gasteiger partial charge in [0.15, 0.2) is 11.5 Å². The van der Waals surface area contributed by atoms with E-state index in [-0.39, 0.29) is 23.7 Å². The molecule has 3 rings (SSSR count). The highest BCUT2D eigenvalue weighted by Gasteiger charge is 2.31. The Morgan fingerprint density at radius 1 is 1.00 bits per heavy atom. The van der Waals surface area contributed by atoms with Gasteiger partial charge in [-0.3, -0.25) is 9.59 Å². The van der Waals surface area contributed by atoms with E-state index in [0.717, 1.165) is 12.8 Å². The quantitative estimate of drug-likeness (QED) is 0.853. The number of amides is 2. The van der Waals surface area contributed by atoms with Crippen molar-refractivity contribution >= 4 is 17.5 Å². The summed E-state index contributed by atoms with van der Waals surface area (Å²) in [7, 11) is 3.14. The molecule has 2 amide bonds. The van der Waals surface area contributed by atoms with E-state index in [4.69, 9.17) is 14.2 Å². The Hall–Kier alpha value is -2.28. The van der Waals surface area contributed by atoms with Crippen LogP contribution in [-0.2, 0) is 14.3 Å². The number of hydrogen-bond acceptors (Lipinski definition) is 5. The topological polar surface area (TPSA) is 77.1 Å². The van der Waals surface area contributed by atoms with Crippen LogP contribution < -0.4 is 14.8 Å². The Morgan fingerprint density at radius 2 is 1.67 bits per heavy atom. The first-order valence-corrected chi connectivity index (χ1v) is 9.51. The number of ether oxygens (including phenoxy) is 3. The van der Waals surface area contributed by atoms with Gasteiger partial charge in [0.05, 0.1) is 14.2 Å². The predicted molar refractivity (Wildman–Crippen MR) is 101 cm³/mol. The number of rotatable bonds is 5. The minimum atomic E-state index is -0.0863. The Bertz CT molecular complexity index is 664. The molecule has 2 heterocycles. The second-order valence-electron chi connectivity index (χ2n) is 7.05. The summed E-state index contributed by atoms with van der Waals surface area (Å²) in [6, 6.07) is 5.31. The van der Waals surface area contributed by atoms with E-state index in [1.54, 1.807) is 32.4 Å². The molecule has 0 atom stereocenters. The van der Waals surface area contributed by atoms with Crippen molar-refractivity contribution in [3.8, 4) is 11.5 Å². The SMILES string of the molecule is COc1ccc(NC(=O)C2CCN(C(=O)C3CCOCC3)CC2)cc1OC. The molecule has 2 fully saturated rings. The molecule has 2 saturated heterocycles. The number of likely N-dealkylation sites (tertiary alicyclic amines) is 1. The standard InChI is InChI=1S/C20H28N2O5/c1-25-17-4-3-16(13-18(17)26-2)21-19(23)14-5-9-22(10-6-14)20(24)15-7-11-27-12-8-15/h3-4,13-15H,5-12H2,1-2H3,(H,21,23). The minimum Gasteiger partial charge on any atom is -0.493 e. The Morgan fingerprint density at radius 3 is 2.30 bits per heavy atom. The fourth-order valence-electron chi connectivity index (χ4n) is 3.72. The van der Waals surface area contributed by atoms with Gasteiger partial charge in [-0.15, -0.1) is 0 Å². The van der Waals surface area contributed by atoms with Gasteiger partial charge in [-0.25, -0.2) is 0 Å². The number of hydrogen-bond donors (Lipinski definition) is 1.